The second kappa shape index (κ2) is 12.2. The summed E-state index contributed by atoms with van der Waals surface area (Å²) in [6.07, 6.45) is 2.04. The minimum Gasteiger partial charge on any atom is -0.482 e. The molecule has 36 heavy (non-hydrogen) atoms. The number of aliphatic hydroxyl groups is 2. The number of hydrogen-bond acceptors (Lipinski definition) is 5. The van der Waals surface area contributed by atoms with Crippen LogP contribution in [0.3, 0.4) is 0 Å². The number of carbonyl (C=O) groups is 2. The molecule has 7 nitrogen and oxygen atoms in total. The molecule has 0 spiro atoms. The topological polar surface area (TPSA) is 99.1 Å². The molecule has 0 heterocycles. The van der Waals surface area contributed by atoms with Gasteiger partial charge in [0.2, 0.25) is 11.8 Å². The van der Waals surface area contributed by atoms with Gasteiger partial charge in [0.05, 0.1) is 16.2 Å². The van der Waals surface area contributed by atoms with Crippen molar-refractivity contribution < 1.29 is 28.9 Å². The summed E-state index contributed by atoms with van der Waals surface area (Å²) in [4.78, 5) is 28.0. The molecular weight excluding hydrogens is 578 g/mol. The fourth-order valence-corrected chi connectivity index (χ4v) is 5.04. The van der Waals surface area contributed by atoms with Crippen LogP contribution in [-0.2, 0) is 16.1 Å². The van der Waals surface area contributed by atoms with Crippen LogP contribution in [0, 0.1) is 15.3 Å². The van der Waals surface area contributed by atoms with Crippen molar-refractivity contribution in [1.82, 2.24) is 10.2 Å². The normalized spacial score (nSPS) is 21.8. The van der Waals surface area contributed by atoms with Crippen LogP contribution < -0.4 is 10.1 Å². The molecule has 3 atom stereocenters. The molecule has 9 heteroatoms. The van der Waals surface area contributed by atoms with Gasteiger partial charge in [0, 0.05) is 36.6 Å². The number of amides is 2. The second-order valence-electron chi connectivity index (χ2n) is 9.13. The second-order valence-corrected chi connectivity index (χ2v) is 10.3. The Balaban J connectivity index is 1.68. The summed E-state index contributed by atoms with van der Waals surface area (Å²) >= 11 is 2.13. The van der Waals surface area contributed by atoms with Crippen LogP contribution in [0.2, 0.25) is 0 Å². The van der Waals surface area contributed by atoms with E-state index in [-0.39, 0.29) is 37.9 Å². The number of para-hydroxylation sites is 1. The van der Waals surface area contributed by atoms with Crippen LogP contribution in [0.15, 0.2) is 60.2 Å². The summed E-state index contributed by atoms with van der Waals surface area (Å²) in [7, 11) is 0. The van der Waals surface area contributed by atoms with Gasteiger partial charge in [-0.15, -0.1) is 0 Å². The van der Waals surface area contributed by atoms with E-state index < -0.39 is 30.0 Å². The zero-order valence-corrected chi connectivity index (χ0v) is 21.9. The van der Waals surface area contributed by atoms with E-state index in [4.69, 9.17) is 9.84 Å². The first kappa shape index (κ1) is 26.6. The maximum Gasteiger partial charge on any atom is 0.247 e. The Labute approximate surface area is 223 Å². The Hall–Kier alpha value is -2.50. The van der Waals surface area contributed by atoms with Gasteiger partial charge in [0.15, 0.2) is 0 Å². The third-order valence-corrected chi connectivity index (χ3v) is 7.64. The van der Waals surface area contributed by atoms with Gasteiger partial charge in [-0.25, -0.2) is 4.39 Å². The molecule has 0 aromatic heterocycles. The highest BCUT2D eigenvalue weighted by molar-refractivity contribution is 14.1. The third-order valence-electron chi connectivity index (χ3n) is 6.75. The molecule has 0 aliphatic heterocycles. The van der Waals surface area contributed by atoms with Crippen LogP contribution in [0.4, 0.5) is 4.39 Å². The molecule has 1 fully saturated rings. The van der Waals surface area contributed by atoms with Crippen molar-refractivity contribution in [3.63, 3.8) is 0 Å². The summed E-state index contributed by atoms with van der Waals surface area (Å²) in [5.74, 6) is -0.633. The molecule has 3 unspecified atom stereocenters. The van der Waals surface area contributed by atoms with Gasteiger partial charge >= 0.3 is 0 Å². The van der Waals surface area contributed by atoms with E-state index in [0.717, 1.165) is 22.8 Å². The fraction of sp³-hybridized carbons (Fsp3) is 0.407. The van der Waals surface area contributed by atoms with E-state index in [9.17, 15) is 19.1 Å². The zero-order chi connectivity index (χ0) is 25.7. The molecule has 2 aromatic rings. The largest absolute Gasteiger partial charge is 0.482 e. The van der Waals surface area contributed by atoms with Crippen molar-refractivity contribution in [2.45, 2.75) is 50.5 Å². The quantitative estimate of drug-likeness (QED) is 0.380. The molecule has 1 saturated carbocycles. The first-order chi connectivity index (χ1) is 17.4. The van der Waals surface area contributed by atoms with Gasteiger partial charge in [0.1, 0.15) is 23.8 Å². The predicted molar refractivity (Wildman–Crippen MR) is 140 cm³/mol. The van der Waals surface area contributed by atoms with Gasteiger partial charge in [-0.3, -0.25) is 9.59 Å². The van der Waals surface area contributed by atoms with Crippen molar-refractivity contribution in [3.8, 4) is 5.75 Å². The summed E-state index contributed by atoms with van der Waals surface area (Å²) in [6, 6.07) is 12.8. The first-order valence-electron chi connectivity index (χ1n) is 12.1. The Kier molecular flexibility index (Phi) is 8.97. The van der Waals surface area contributed by atoms with Gasteiger partial charge in [0.25, 0.3) is 0 Å². The highest BCUT2D eigenvalue weighted by Gasteiger charge is 2.43. The van der Waals surface area contributed by atoms with Crippen LogP contribution in [0.25, 0.3) is 0 Å². The number of aliphatic hydroxyl groups excluding tert-OH is 2. The lowest BCUT2D eigenvalue weighted by atomic mass is 9.82. The van der Waals surface area contributed by atoms with Crippen molar-refractivity contribution in [3.05, 3.63) is 75.1 Å². The molecule has 3 N–H and O–H groups in total. The van der Waals surface area contributed by atoms with Gasteiger partial charge in [-0.1, -0.05) is 36.8 Å². The maximum atomic E-state index is 14.6. The molecule has 192 valence electrons. The maximum absolute atomic E-state index is 14.6. The molecule has 0 radical (unpaired) electrons. The van der Waals surface area contributed by atoms with Crippen LogP contribution >= 0.6 is 22.6 Å². The number of benzene rings is 2. The molecule has 0 bridgehead atoms. The van der Waals surface area contributed by atoms with Crippen molar-refractivity contribution in [2.24, 2.45) is 5.92 Å². The fourth-order valence-electron chi connectivity index (χ4n) is 4.52. The van der Waals surface area contributed by atoms with E-state index in [1.807, 2.05) is 18.2 Å². The zero-order valence-electron chi connectivity index (χ0n) is 19.8. The van der Waals surface area contributed by atoms with E-state index in [1.54, 1.807) is 30.3 Å². The standard InChI is InChI=1S/C27H30FIN2O5/c28-20-9-2-1-6-18(20)16-31(27(35)17-7-5-8-17)22-14-19(26(34)30-12-13-32)15-24(25(22)33)36-23-11-4-3-10-21(23)29/h1-4,6,9-11,15,17,22,24-25,32-33H,5,7-8,12-14,16H2,(H,30,34). The van der Waals surface area contributed by atoms with Crippen molar-refractivity contribution in [1.29, 1.82) is 0 Å². The SMILES string of the molecule is O=C(NCCO)C1=CC(Oc2ccccc2I)C(O)C(N(Cc2ccccc2F)C(=O)C2CCC2)C1. The van der Waals surface area contributed by atoms with Crippen LogP contribution in [0.1, 0.15) is 31.2 Å². The lowest BCUT2D eigenvalue weighted by Crippen LogP contribution is -2.56. The molecular formula is C27H30FIN2O5. The molecule has 2 aromatic carbocycles. The minimum absolute atomic E-state index is 0.0230. The summed E-state index contributed by atoms with van der Waals surface area (Å²) in [5, 5.41) is 23.3. The Morgan fingerprint density at radius 2 is 1.86 bits per heavy atom. The van der Waals surface area contributed by atoms with E-state index in [1.165, 1.54) is 11.0 Å². The number of ether oxygens (including phenoxy) is 1. The molecule has 4 rings (SSSR count). The van der Waals surface area contributed by atoms with Gasteiger partial charge in [-0.2, -0.15) is 0 Å². The van der Waals surface area contributed by atoms with Gasteiger partial charge in [-0.05, 0) is 59.7 Å². The Bertz CT molecular complexity index is 1120. The average molecular weight is 608 g/mol. The Morgan fingerprint density at radius 3 is 2.53 bits per heavy atom. The number of nitrogens with zero attached hydrogens (tertiary/aromatic N) is 1. The predicted octanol–water partition coefficient (Wildman–Crippen LogP) is 3.17. The lowest BCUT2D eigenvalue weighted by molar-refractivity contribution is -0.146. The number of halogens is 2. The summed E-state index contributed by atoms with van der Waals surface area (Å²) in [5.41, 5.74) is 0.683. The lowest BCUT2D eigenvalue weighted by Gasteiger charge is -2.43. The first-order valence-corrected chi connectivity index (χ1v) is 13.2. The van der Waals surface area contributed by atoms with Crippen LogP contribution in [-0.4, -0.2) is 58.3 Å². The summed E-state index contributed by atoms with van der Waals surface area (Å²) in [6.45, 7) is -0.164. The highest BCUT2D eigenvalue weighted by atomic mass is 127. The third kappa shape index (κ3) is 6.07. The monoisotopic (exact) mass is 608 g/mol. The van der Waals surface area contributed by atoms with Crippen LogP contribution in [0.5, 0.6) is 5.75 Å². The summed E-state index contributed by atoms with van der Waals surface area (Å²) < 4.78 is 21.6. The van der Waals surface area contributed by atoms with E-state index in [0.29, 0.717) is 16.9 Å². The average Bonchev–Trinajstić information content (AvgIpc) is 2.83. The molecule has 2 amide bonds. The Morgan fingerprint density at radius 1 is 1.14 bits per heavy atom. The number of nitrogens with one attached hydrogen (secondary N) is 1. The van der Waals surface area contributed by atoms with E-state index in [2.05, 4.69) is 27.9 Å². The van der Waals surface area contributed by atoms with Crippen molar-refractivity contribution >= 4 is 34.4 Å². The van der Waals surface area contributed by atoms with E-state index >= 15 is 0 Å². The van der Waals surface area contributed by atoms with Crippen molar-refractivity contribution in [2.75, 3.05) is 13.2 Å². The van der Waals surface area contributed by atoms with Gasteiger partial charge < -0.3 is 25.2 Å². The molecule has 2 aliphatic rings. The molecule has 2 aliphatic carbocycles. The number of rotatable bonds is 9. The smallest absolute Gasteiger partial charge is 0.247 e. The number of carbonyl (C=O) groups excluding carboxylic acids is 2. The highest BCUT2D eigenvalue weighted by Crippen LogP contribution is 2.34. The molecule has 0 saturated heterocycles. The number of hydrogen-bond donors (Lipinski definition) is 3. The minimum atomic E-state index is -1.15.